The van der Waals surface area contributed by atoms with E-state index in [0.717, 1.165) is 0 Å². The number of nitrogens with two attached hydrogens (primary N) is 1. The van der Waals surface area contributed by atoms with Gasteiger partial charge in [0.15, 0.2) is 23.2 Å². The lowest BCUT2D eigenvalue weighted by molar-refractivity contribution is -0.0510. The number of aromatic nitrogens is 8. The highest BCUT2D eigenvalue weighted by Gasteiger charge is 2.70. The van der Waals surface area contributed by atoms with Crippen LogP contribution in [0.15, 0.2) is 30.0 Å². The lowest BCUT2D eigenvalue weighted by atomic mass is 10.0. The molecule has 4 aromatic rings. The molecule has 18 nitrogen and oxygen atoms in total. The Kier molecular flexibility index (Phi) is 6.66. The lowest BCUT2D eigenvalue weighted by Gasteiger charge is -2.29. The maximum Gasteiger partial charge on any atom is 0.386 e. The molecular formula is C22H25N9O9P2S2. The Morgan fingerprint density at radius 3 is 2.80 bits per heavy atom. The molecule has 0 radical (unpaired) electrons. The summed E-state index contributed by atoms with van der Waals surface area (Å²) < 4.78 is 46.5. The Labute approximate surface area is 257 Å². The van der Waals surface area contributed by atoms with E-state index in [2.05, 4.69) is 42.4 Å². The van der Waals surface area contributed by atoms with Gasteiger partial charge in [-0.1, -0.05) is 12.2 Å². The third-order valence-electron chi connectivity index (χ3n) is 8.88. The molecule has 8 rings (SSSR count). The minimum atomic E-state index is -4.16. The fourth-order valence-corrected chi connectivity index (χ4v) is 9.71. The molecule has 2 saturated heterocycles. The van der Waals surface area contributed by atoms with Crippen LogP contribution in [-0.2, 0) is 39.2 Å². The first-order valence-electron chi connectivity index (χ1n) is 13.4. The van der Waals surface area contributed by atoms with Crippen LogP contribution in [0.25, 0.3) is 22.2 Å². The fraction of sp³-hybridized carbons (Fsp3) is 0.545. The highest BCUT2D eigenvalue weighted by atomic mass is 32.7. The molecule has 0 amide bonds. The summed E-state index contributed by atoms with van der Waals surface area (Å²) in [4.78, 5) is 40.2. The van der Waals surface area contributed by atoms with E-state index < -0.39 is 55.1 Å². The number of ether oxygens (including phenoxy) is 1. The second kappa shape index (κ2) is 10.1. The van der Waals surface area contributed by atoms with Crippen molar-refractivity contribution in [1.29, 1.82) is 0 Å². The number of aliphatic hydroxyl groups excluding tert-OH is 1. The molecule has 44 heavy (non-hydrogen) atoms. The summed E-state index contributed by atoms with van der Waals surface area (Å²) in [5.41, 5.74) is 6.07. The molecule has 1 spiro atoms. The Morgan fingerprint density at radius 1 is 1.16 bits per heavy atom. The zero-order valence-electron chi connectivity index (χ0n) is 22.4. The van der Waals surface area contributed by atoms with Gasteiger partial charge in [0.1, 0.15) is 30.2 Å². The second-order valence-corrected chi connectivity index (χ2v) is 16.9. The number of imidazole rings is 2. The van der Waals surface area contributed by atoms with Crippen LogP contribution >= 0.6 is 25.8 Å². The first kappa shape index (κ1) is 29.1. The summed E-state index contributed by atoms with van der Waals surface area (Å²) in [5.74, 6) is 0.187. The maximum atomic E-state index is 13.7. The predicted octanol–water partition coefficient (Wildman–Crippen LogP) is 0.823. The number of hydrogen-bond donors (Lipinski definition) is 5. The molecule has 2 aliphatic carbocycles. The Morgan fingerprint density at radius 2 is 1.95 bits per heavy atom. The molecule has 10 atom stereocenters. The molecular weight excluding hydrogens is 660 g/mol. The predicted molar refractivity (Wildman–Crippen MR) is 157 cm³/mol. The molecule has 2 bridgehead atoms. The maximum absolute atomic E-state index is 13.7. The quantitative estimate of drug-likeness (QED) is 0.145. The number of anilines is 1. The molecule has 5 N–H and O–H groups in total. The first-order chi connectivity index (χ1) is 21.0. The van der Waals surface area contributed by atoms with Gasteiger partial charge in [-0.3, -0.25) is 13.9 Å². The standard InChI is InChI=1S/C22H25N9O9P2S2/c23-18-15-19(25-6-24-18)30(7-27-15)10-1-13-22(2-9(10)22)5-37-42(35,44)40-17-16(32)12(4-36-41(34,43)39-13)38-21(17)31-8-26-14-11(31)3-28-29-20(14)33/h3,6-10,12-13,16-17,21,32H,1-2,4-5H2,(H,29,33)(H,34,43)(H,35,44)(H2,23,24,25)/t9-,10+,12-,13+,16-,17-,21-,22-,41?,42?/m1/s1. The van der Waals surface area contributed by atoms with Crippen molar-refractivity contribution in [3.05, 3.63) is 35.5 Å². The van der Waals surface area contributed by atoms with Gasteiger partial charge in [0.25, 0.3) is 5.56 Å². The number of nitrogens with one attached hydrogen (secondary N) is 1. The minimum Gasteiger partial charge on any atom is -0.387 e. The topological polar surface area (TPSA) is 237 Å². The van der Waals surface area contributed by atoms with E-state index in [1.165, 1.54) is 23.4 Å². The lowest BCUT2D eigenvalue weighted by Crippen LogP contribution is -2.35. The number of fused-ring (bicyclic) bond motifs is 4. The molecule has 0 aromatic carbocycles. The number of H-pyrrole nitrogens is 1. The van der Waals surface area contributed by atoms with Crippen LogP contribution in [0, 0.1) is 11.3 Å². The van der Waals surface area contributed by atoms with Gasteiger partial charge in [0, 0.05) is 11.5 Å². The van der Waals surface area contributed by atoms with Gasteiger partial charge < -0.3 is 38.6 Å². The van der Waals surface area contributed by atoms with Crippen molar-refractivity contribution in [2.75, 3.05) is 18.9 Å². The van der Waals surface area contributed by atoms with E-state index in [1.807, 2.05) is 4.57 Å². The summed E-state index contributed by atoms with van der Waals surface area (Å²) in [7, 11) is 0. The van der Waals surface area contributed by atoms with Crippen molar-refractivity contribution in [1.82, 2.24) is 39.3 Å². The number of aromatic amines is 1. The Bertz CT molecular complexity index is 1960. The van der Waals surface area contributed by atoms with Crippen molar-refractivity contribution >= 4 is 65.6 Å². The minimum absolute atomic E-state index is 0.0596. The summed E-state index contributed by atoms with van der Waals surface area (Å²) in [6, 6.07) is -0.192. The highest BCUT2D eigenvalue weighted by molar-refractivity contribution is 8.44. The summed E-state index contributed by atoms with van der Waals surface area (Å²) in [5, 5.41) is 17.3. The molecule has 22 heteroatoms. The van der Waals surface area contributed by atoms with E-state index in [4.69, 9.17) is 40.4 Å². The number of aliphatic hydroxyl groups is 1. The van der Waals surface area contributed by atoms with Crippen LogP contribution in [0.5, 0.6) is 0 Å². The van der Waals surface area contributed by atoms with Crippen molar-refractivity contribution < 1.29 is 37.4 Å². The third kappa shape index (κ3) is 4.59. The largest absolute Gasteiger partial charge is 0.387 e. The SMILES string of the molecule is Nc1ncnc2c1ncn2[C@H]1C[C@@H]2OP(O)(=S)OC[C@H]3O[C@@H](n4cnc5c(=O)[nH]ncc54)[C@H](OP(=O)(S)OC[C@@]24C[C@H]14)[C@@H]3O. The van der Waals surface area contributed by atoms with Crippen molar-refractivity contribution in [3.63, 3.8) is 0 Å². The van der Waals surface area contributed by atoms with Crippen LogP contribution in [0.1, 0.15) is 25.1 Å². The van der Waals surface area contributed by atoms with E-state index in [0.29, 0.717) is 24.0 Å². The van der Waals surface area contributed by atoms with E-state index in [-0.39, 0.29) is 42.0 Å². The molecule has 6 heterocycles. The summed E-state index contributed by atoms with van der Waals surface area (Å²) in [6.07, 6.45) is 0.922. The van der Waals surface area contributed by atoms with E-state index in [9.17, 15) is 19.4 Å². The first-order valence-corrected chi connectivity index (χ1v) is 18.7. The highest BCUT2D eigenvalue weighted by Crippen LogP contribution is 2.72. The Balaban J connectivity index is 1.12. The molecule has 4 aromatic heterocycles. The fourth-order valence-electron chi connectivity index (χ4n) is 6.70. The van der Waals surface area contributed by atoms with Crippen LogP contribution in [0.4, 0.5) is 5.82 Å². The molecule has 2 aliphatic heterocycles. The summed E-state index contributed by atoms with van der Waals surface area (Å²) >= 11 is 9.63. The van der Waals surface area contributed by atoms with Crippen LogP contribution < -0.4 is 11.3 Å². The average Bonchev–Trinajstić information content (AvgIpc) is 3.29. The van der Waals surface area contributed by atoms with Crippen LogP contribution in [-0.4, -0.2) is 86.9 Å². The zero-order valence-corrected chi connectivity index (χ0v) is 25.9. The van der Waals surface area contributed by atoms with Crippen molar-refractivity contribution in [2.24, 2.45) is 11.3 Å². The second-order valence-electron chi connectivity index (χ2n) is 11.2. The van der Waals surface area contributed by atoms with Gasteiger partial charge in [0.05, 0.1) is 43.7 Å². The van der Waals surface area contributed by atoms with E-state index in [1.54, 1.807) is 6.33 Å². The number of thiol groups is 1. The Hall–Kier alpha value is -2.35. The monoisotopic (exact) mass is 685 g/mol. The van der Waals surface area contributed by atoms with Gasteiger partial charge in [0.2, 0.25) is 0 Å². The number of hydrogen-bond acceptors (Lipinski definition) is 15. The van der Waals surface area contributed by atoms with Gasteiger partial charge in [-0.25, -0.2) is 29.6 Å². The third-order valence-corrected chi connectivity index (χ3v) is 12.0. The number of nitrogens with zero attached hydrogens (tertiary/aromatic N) is 7. The number of nitrogen functional groups attached to an aromatic ring is 1. The van der Waals surface area contributed by atoms with Crippen LogP contribution in [0.3, 0.4) is 0 Å². The molecule has 234 valence electrons. The van der Waals surface area contributed by atoms with Gasteiger partial charge in [-0.2, -0.15) is 5.10 Å². The molecule has 4 aliphatic rings. The summed E-state index contributed by atoms with van der Waals surface area (Å²) in [6.45, 7) is -8.57. The van der Waals surface area contributed by atoms with Crippen LogP contribution in [0.2, 0.25) is 0 Å². The molecule has 4 fully saturated rings. The molecule has 2 unspecified atom stereocenters. The van der Waals surface area contributed by atoms with Gasteiger partial charge in [-0.15, -0.1) is 0 Å². The number of rotatable bonds is 2. The van der Waals surface area contributed by atoms with Crippen molar-refractivity contribution in [3.8, 4) is 0 Å². The van der Waals surface area contributed by atoms with E-state index >= 15 is 0 Å². The van der Waals surface area contributed by atoms with Crippen molar-refractivity contribution in [2.45, 2.75) is 49.5 Å². The average molecular weight is 686 g/mol. The van der Waals surface area contributed by atoms with Gasteiger partial charge >= 0.3 is 13.5 Å². The van der Waals surface area contributed by atoms with Gasteiger partial charge in [-0.05, 0) is 30.6 Å². The normalized spacial score (nSPS) is 40.7. The zero-order chi connectivity index (χ0) is 30.6. The smallest absolute Gasteiger partial charge is 0.386 e. The molecule has 2 saturated carbocycles.